The minimum Gasteiger partial charge on any atom is -0.448 e. The van der Waals surface area contributed by atoms with E-state index in [1.165, 1.54) is 6.42 Å². The normalized spacial score (nSPS) is 17.7. The Balaban J connectivity index is 1.51. The first-order chi connectivity index (χ1) is 11.6. The van der Waals surface area contributed by atoms with Crippen LogP contribution in [0.2, 0.25) is 0 Å². The van der Waals surface area contributed by atoms with Crippen LogP contribution < -0.4 is 14.8 Å². The van der Waals surface area contributed by atoms with Crippen molar-refractivity contribution in [3.8, 4) is 11.5 Å². The highest BCUT2D eigenvalue weighted by molar-refractivity contribution is 6.02. The summed E-state index contributed by atoms with van der Waals surface area (Å²) in [4.78, 5) is 20.4. The molecule has 1 aliphatic carbocycles. The SMILES string of the molecule is Cc1nccc(C(=O)Nc2ccc3c(c2)OC2(CCCCC2)O3)n1. The van der Waals surface area contributed by atoms with Crippen LogP contribution in [0.15, 0.2) is 30.5 Å². The van der Waals surface area contributed by atoms with Gasteiger partial charge in [-0.25, -0.2) is 9.97 Å². The second kappa shape index (κ2) is 5.78. The van der Waals surface area contributed by atoms with Crippen molar-refractivity contribution < 1.29 is 14.3 Å². The third-order valence-corrected chi connectivity index (χ3v) is 4.42. The number of fused-ring (bicyclic) bond motifs is 1. The molecule has 1 amide bonds. The van der Waals surface area contributed by atoms with Gasteiger partial charge < -0.3 is 14.8 Å². The van der Waals surface area contributed by atoms with Crippen molar-refractivity contribution in [1.82, 2.24) is 9.97 Å². The zero-order valence-electron chi connectivity index (χ0n) is 13.5. The monoisotopic (exact) mass is 325 g/mol. The predicted molar refractivity (Wildman–Crippen MR) is 88.2 cm³/mol. The summed E-state index contributed by atoms with van der Waals surface area (Å²) in [6.45, 7) is 1.75. The van der Waals surface area contributed by atoms with Gasteiger partial charge in [0, 0.05) is 30.8 Å². The maximum Gasteiger partial charge on any atom is 0.274 e. The number of aryl methyl sites for hydroxylation is 1. The Morgan fingerprint density at radius 1 is 1.12 bits per heavy atom. The highest BCUT2D eigenvalue weighted by Gasteiger charge is 2.42. The number of carbonyl (C=O) groups excluding carboxylic acids is 1. The van der Waals surface area contributed by atoms with E-state index in [1.807, 2.05) is 18.2 Å². The van der Waals surface area contributed by atoms with E-state index in [2.05, 4.69) is 15.3 Å². The third kappa shape index (κ3) is 2.79. The van der Waals surface area contributed by atoms with Gasteiger partial charge in [0.25, 0.3) is 11.7 Å². The van der Waals surface area contributed by atoms with E-state index in [1.54, 1.807) is 19.2 Å². The number of hydrogen-bond donors (Lipinski definition) is 1. The van der Waals surface area contributed by atoms with Crippen LogP contribution in [0.4, 0.5) is 5.69 Å². The molecule has 24 heavy (non-hydrogen) atoms. The largest absolute Gasteiger partial charge is 0.448 e. The fourth-order valence-corrected chi connectivity index (χ4v) is 3.24. The first-order valence-corrected chi connectivity index (χ1v) is 8.27. The van der Waals surface area contributed by atoms with Gasteiger partial charge in [0.15, 0.2) is 11.5 Å². The first kappa shape index (κ1) is 14.9. The molecule has 1 aromatic heterocycles. The lowest BCUT2D eigenvalue weighted by atomic mass is 9.94. The van der Waals surface area contributed by atoms with Crippen molar-refractivity contribution in [1.29, 1.82) is 0 Å². The second-order valence-corrected chi connectivity index (χ2v) is 6.28. The number of nitrogens with zero attached hydrogens (tertiary/aromatic N) is 2. The van der Waals surface area contributed by atoms with Crippen LogP contribution in [0.3, 0.4) is 0 Å². The van der Waals surface area contributed by atoms with Gasteiger partial charge >= 0.3 is 0 Å². The molecule has 1 saturated carbocycles. The third-order valence-electron chi connectivity index (χ3n) is 4.42. The van der Waals surface area contributed by atoms with E-state index >= 15 is 0 Å². The number of aromatic nitrogens is 2. The van der Waals surface area contributed by atoms with Gasteiger partial charge in [-0.05, 0) is 38.0 Å². The Morgan fingerprint density at radius 3 is 2.71 bits per heavy atom. The molecule has 1 spiro atoms. The molecule has 1 fully saturated rings. The van der Waals surface area contributed by atoms with Gasteiger partial charge in [0.05, 0.1) is 0 Å². The number of nitrogens with one attached hydrogen (secondary N) is 1. The average molecular weight is 325 g/mol. The Kier molecular flexibility index (Phi) is 3.59. The summed E-state index contributed by atoms with van der Waals surface area (Å²) < 4.78 is 12.1. The molecule has 124 valence electrons. The Labute approximate surface area is 140 Å². The number of ether oxygens (including phenoxy) is 2. The molecule has 0 radical (unpaired) electrons. The van der Waals surface area contributed by atoms with E-state index in [9.17, 15) is 4.79 Å². The van der Waals surface area contributed by atoms with Crippen LogP contribution in [0, 0.1) is 6.92 Å². The van der Waals surface area contributed by atoms with Crippen LogP contribution >= 0.6 is 0 Å². The molecule has 6 nitrogen and oxygen atoms in total. The molecule has 0 unspecified atom stereocenters. The maximum atomic E-state index is 12.3. The van der Waals surface area contributed by atoms with Crippen LogP contribution in [0.5, 0.6) is 11.5 Å². The van der Waals surface area contributed by atoms with Gasteiger partial charge in [0.1, 0.15) is 11.5 Å². The van der Waals surface area contributed by atoms with Crippen LogP contribution in [0.1, 0.15) is 48.4 Å². The van der Waals surface area contributed by atoms with E-state index in [0.717, 1.165) is 31.4 Å². The summed E-state index contributed by atoms with van der Waals surface area (Å²) >= 11 is 0. The molecule has 2 aromatic rings. The number of amides is 1. The summed E-state index contributed by atoms with van der Waals surface area (Å²) in [6.07, 6.45) is 6.84. The van der Waals surface area contributed by atoms with Gasteiger partial charge in [-0.15, -0.1) is 0 Å². The van der Waals surface area contributed by atoms with E-state index in [4.69, 9.17) is 9.47 Å². The lowest BCUT2D eigenvalue weighted by molar-refractivity contribution is -0.105. The number of carbonyl (C=O) groups is 1. The summed E-state index contributed by atoms with van der Waals surface area (Å²) in [5.74, 6) is 1.22. The van der Waals surface area contributed by atoms with Crippen molar-refractivity contribution in [3.05, 3.63) is 42.0 Å². The van der Waals surface area contributed by atoms with Crippen LogP contribution in [-0.4, -0.2) is 21.7 Å². The molecule has 4 rings (SSSR count). The number of hydrogen-bond acceptors (Lipinski definition) is 5. The zero-order valence-corrected chi connectivity index (χ0v) is 13.5. The molecule has 6 heteroatoms. The molecular formula is C18H19N3O3. The van der Waals surface area contributed by atoms with Crippen molar-refractivity contribution in [2.75, 3.05) is 5.32 Å². The summed E-state index contributed by atoms with van der Waals surface area (Å²) in [5, 5.41) is 2.84. The minimum absolute atomic E-state index is 0.272. The minimum atomic E-state index is -0.507. The number of anilines is 1. The molecule has 2 aliphatic rings. The fraction of sp³-hybridized carbons (Fsp3) is 0.389. The first-order valence-electron chi connectivity index (χ1n) is 8.27. The predicted octanol–water partition coefficient (Wildman–Crippen LogP) is 3.47. The Bertz CT molecular complexity index is 785. The standard InChI is InChI=1S/C18H19N3O3/c1-12-19-10-7-14(20-12)17(22)21-13-5-6-15-16(11-13)24-18(23-15)8-3-2-4-9-18/h5-7,10-11H,2-4,8-9H2,1H3,(H,21,22). The smallest absolute Gasteiger partial charge is 0.274 e. The van der Waals surface area contributed by atoms with Crippen LogP contribution in [-0.2, 0) is 0 Å². The lowest BCUT2D eigenvalue weighted by Gasteiger charge is -2.31. The van der Waals surface area contributed by atoms with Gasteiger partial charge in [-0.2, -0.15) is 0 Å². The molecule has 1 aromatic carbocycles. The molecular weight excluding hydrogens is 306 g/mol. The second-order valence-electron chi connectivity index (χ2n) is 6.28. The Hall–Kier alpha value is -2.63. The lowest BCUT2D eigenvalue weighted by Crippen LogP contribution is -2.40. The van der Waals surface area contributed by atoms with Crippen molar-refractivity contribution in [3.63, 3.8) is 0 Å². The molecule has 1 aliphatic heterocycles. The fourth-order valence-electron chi connectivity index (χ4n) is 3.24. The molecule has 1 N–H and O–H groups in total. The summed E-state index contributed by atoms with van der Waals surface area (Å²) in [5.41, 5.74) is 0.996. The van der Waals surface area contributed by atoms with Gasteiger partial charge in [-0.3, -0.25) is 4.79 Å². The quantitative estimate of drug-likeness (QED) is 0.915. The maximum absolute atomic E-state index is 12.3. The number of rotatable bonds is 2. The molecule has 0 atom stereocenters. The molecule has 0 saturated heterocycles. The molecule has 0 bridgehead atoms. The van der Waals surface area contributed by atoms with Crippen molar-refractivity contribution >= 4 is 11.6 Å². The summed E-state index contributed by atoms with van der Waals surface area (Å²) in [7, 11) is 0. The highest BCUT2D eigenvalue weighted by Crippen LogP contribution is 2.46. The number of benzene rings is 1. The molecule has 2 heterocycles. The van der Waals surface area contributed by atoms with Crippen LogP contribution in [0.25, 0.3) is 0 Å². The topological polar surface area (TPSA) is 73.3 Å². The zero-order chi connectivity index (χ0) is 16.6. The highest BCUT2D eigenvalue weighted by atomic mass is 16.7. The average Bonchev–Trinajstić information content (AvgIpc) is 2.92. The van der Waals surface area contributed by atoms with E-state index in [0.29, 0.717) is 23.0 Å². The van der Waals surface area contributed by atoms with Crippen molar-refractivity contribution in [2.45, 2.75) is 44.8 Å². The van der Waals surface area contributed by atoms with Crippen molar-refractivity contribution in [2.24, 2.45) is 0 Å². The van der Waals surface area contributed by atoms with Gasteiger partial charge in [-0.1, -0.05) is 6.42 Å². The summed E-state index contributed by atoms with van der Waals surface area (Å²) in [6, 6.07) is 7.06. The van der Waals surface area contributed by atoms with E-state index in [-0.39, 0.29) is 5.91 Å². The van der Waals surface area contributed by atoms with Gasteiger partial charge in [0.2, 0.25) is 0 Å². The van der Waals surface area contributed by atoms with E-state index < -0.39 is 5.79 Å². The Morgan fingerprint density at radius 2 is 1.92 bits per heavy atom.